The molecule has 4 heteroatoms. The molecule has 2 atom stereocenters. The van der Waals surface area contributed by atoms with Crippen molar-refractivity contribution >= 4 is 5.82 Å². The lowest BCUT2D eigenvalue weighted by atomic mass is 10.1. The lowest BCUT2D eigenvalue weighted by molar-refractivity contribution is 0.576. The SMILES string of the molecule is Cc1cc(N2CC[C@H]3CNC[C@H]32)nc(C(C)C)n1. The van der Waals surface area contributed by atoms with E-state index in [1.165, 1.54) is 13.0 Å². The number of nitrogens with zero attached hydrogens (tertiary/aromatic N) is 3. The Labute approximate surface area is 109 Å². The maximum absolute atomic E-state index is 4.76. The highest BCUT2D eigenvalue weighted by Gasteiger charge is 2.38. The summed E-state index contributed by atoms with van der Waals surface area (Å²) in [5.41, 5.74) is 1.08. The standard InChI is InChI=1S/C14H22N4/c1-9(2)14-16-10(3)6-13(17-14)18-5-4-11-7-15-8-12(11)18/h6,9,11-12,15H,4-5,7-8H2,1-3H3/t11-,12+/m0/s1. The Morgan fingerprint density at radius 2 is 2.17 bits per heavy atom. The van der Waals surface area contributed by atoms with Crippen LogP contribution in [0.5, 0.6) is 0 Å². The van der Waals surface area contributed by atoms with E-state index in [0.717, 1.165) is 36.3 Å². The summed E-state index contributed by atoms with van der Waals surface area (Å²) in [5.74, 6) is 3.30. The molecule has 0 spiro atoms. The van der Waals surface area contributed by atoms with Crippen molar-refractivity contribution in [1.82, 2.24) is 15.3 Å². The van der Waals surface area contributed by atoms with Gasteiger partial charge in [0.15, 0.2) is 0 Å². The molecule has 0 aliphatic carbocycles. The van der Waals surface area contributed by atoms with E-state index in [4.69, 9.17) is 4.98 Å². The van der Waals surface area contributed by atoms with Gasteiger partial charge in [-0.15, -0.1) is 0 Å². The van der Waals surface area contributed by atoms with E-state index in [0.29, 0.717) is 12.0 Å². The van der Waals surface area contributed by atoms with Crippen LogP contribution in [0.4, 0.5) is 5.82 Å². The molecule has 2 aliphatic heterocycles. The summed E-state index contributed by atoms with van der Waals surface area (Å²) < 4.78 is 0. The lowest BCUT2D eigenvalue weighted by Crippen LogP contribution is -2.35. The normalized spacial score (nSPS) is 27.0. The Morgan fingerprint density at radius 1 is 1.33 bits per heavy atom. The van der Waals surface area contributed by atoms with E-state index in [1.807, 2.05) is 0 Å². The van der Waals surface area contributed by atoms with Gasteiger partial charge >= 0.3 is 0 Å². The Morgan fingerprint density at radius 3 is 2.94 bits per heavy atom. The summed E-state index contributed by atoms with van der Waals surface area (Å²) in [7, 11) is 0. The zero-order chi connectivity index (χ0) is 12.7. The van der Waals surface area contributed by atoms with Crippen molar-refractivity contribution in [3.05, 3.63) is 17.6 Å². The first-order valence-corrected chi connectivity index (χ1v) is 6.98. The van der Waals surface area contributed by atoms with Gasteiger partial charge in [-0.05, 0) is 19.3 Å². The van der Waals surface area contributed by atoms with Crippen LogP contribution >= 0.6 is 0 Å². The molecule has 2 aliphatic rings. The van der Waals surface area contributed by atoms with E-state index in [9.17, 15) is 0 Å². The van der Waals surface area contributed by atoms with Crippen molar-refractivity contribution in [2.45, 2.75) is 39.2 Å². The summed E-state index contributed by atoms with van der Waals surface area (Å²) in [6.45, 7) is 9.79. The average Bonchev–Trinajstić information content (AvgIpc) is 2.89. The predicted octanol–water partition coefficient (Wildman–Crippen LogP) is 1.71. The minimum absolute atomic E-state index is 0.392. The molecular formula is C14H22N4. The number of hydrogen-bond acceptors (Lipinski definition) is 4. The van der Waals surface area contributed by atoms with Crippen molar-refractivity contribution in [2.75, 3.05) is 24.5 Å². The van der Waals surface area contributed by atoms with Gasteiger partial charge in [0, 0.05) is 43.4 Å². The second-order valence-corrected chi connectivity index (χ2v) is 5.85. The van der Waals surface area contributed by atoms with Crippen LogP contribution < -0.4 is 10.2 Å². The number of hydrogen-bond donors (Lipinski definition) is 1. The highest BCUT2D eigenvalue weighted by molar-refractivity contribution is 5.43. The van der Waals surface area contributed by atoms with Crippen molar-refractivity contribution in [1.29, 1.82) is 0 Å². The van der Waals surface area contributed by atoms with Crippen LogP contribution in [-0.2, 0) is 0 Å². The van der Waals surface area contributed by atoms with Gasteiger partial charge in [0.1, 0.15) is 11.6 Å². The van der Waals surface area contributed by atoms with E-state index in [2.05, 4.69) is 42.0 Å². The molecular weight excluding hydrogens is 224 g/mol. The minimum Gasteiger partial charge on any atom is -0.352 e. The number of anilines is 1. The molecule has 0 saturated carbocycles. The van der Waals surface area contributed by atoms with Crippen LogP contribution in [0, 0.1) is 12.8 Å². The molecule has 3 rings (SSSR count). The fourth-order valence-electron chi connectivity index (χ4n) is 3.11. The molecule has 0 bridgehead atoms. The molecule has 18 heavy (non-hydrogen) atoms. The fraction of sp³-hybridized carbons (Fsp3) is 0.714. The number of nitrogens with one attached hydrogen (secondary N) is 1. The Hall–Kier alpha value is -1.16. The molecule has 1 aromatic rings. The van der Waals surface area contributed by atoms with Gasteiger partial charge < -0.3 is 10.2 Å². The summed E-state index contributed by atoms with van der Waals surface area (Å²) in [6.07, 6.45) is 1.29. The van der Waals surface area contributed by atoms with Crippen LogP contribution in [0.1, 0.15) is 37.7 Å². The first-order chi connectivity index (χ1) is 8.65. The van der Waals surface area contributed by atoms with Crippen molar-refractivity contribution in [2.24, 2.45) is 5.92 Å². The summed E-state index contributed by atoms with van der Waals surface area (Å²) >= 11 is 0. The molecule has 1 aromatic heterocycles. The van der Waals surface area contributed by atoms with E-state index in [-0.39, 0.29) is 0 Å². The second-order valence-electron chi connectivity index (χ2n) is 5.85. The van der Waals surface area contributed by atoms with Gasteiger partial charge in [-0.25, -0.2) is 9.97 Å². The minimum atomic E-state index is 0.392. The maximum Gasteiger partial charge on any atom is 0.133 e. The third-order valence-electron chi connectivity index (χ3n) is 4.11. The molecule has 4 nitrogen and oxygen atoms in total. The van der Waals surface area contributed by atoms with Crippen LogP contribution in [0.3, 0.4) is 0 Å². The molecule has 0 aromatic carbocycles. The highest BCUT2D eigenvalue weighted by atomic mass is 15.3. The summed E-state index contributed by atoms with van der Waals surface area (Å²) in [5, 5.41) is 3.49. The van der Waals surface area contributed by atoms with Gasteiger partial charge in [0.25, 0.3) is 0 Å². The highest BCUT2D eigenvalue weighted by Crippen LogP contribution is 2.31. The Balaban J connectivity index is 1.92. The predicted molar refractivity (Wildman–Crippen MR) is 73.0 cm³/mol. The van der Waals surface area contributed by atoms with Gasteiger partial charge in [-0.2, -0.15) is 0 Å². The molecule has 2 saturated heterocycles. The number of rotatable bonds is 2. The quantitative estimate of drug-likeness (QED) is 0.862. The van der Waals surface area contributed by atoms with E-state index >= 15 is 0 Å². The van der Waals surface area contributed by atoms with Crippen LogP contribution in [0.2, 0.25) is 0 Å². The van der Waals surface area contributed by atoms with Crippen molar-refractivity contribution in [3.63, 3.8) is 0 Å². The number of aryl methyl sites for hydroxylation is 1. The zero-order valence-electron chi connectivity index (χ0n) is 11.5. The summed E-state index contributed by atoms with van der Waals surface area (Å²) in [4.78, 5) is 11.8. The number of fused-ring (bicyclic) bond motifs is 1. The smallest absolute Gasteiger partial charge is 0.133 e. The zero-order valence-corrected chi connectivity index (χ0v) is 11.5. The fourth-order valence-corrected chi connectivity index (χ4v) is 3.11. The first-order valence-electron chi connectivity index (χ1n) is 6.98. The molecule has 0 unspecified atom stereocenters. The van der Waals surface area contributed by atoms with Crippen LogP contribution in [-0.4, -0.2) is 35.6 Å². The van der Waals surface area contributed by atoms with Gasteiger partial charge in [-0.3, -0.25) is 0 Å². The third kappa shape index (κ3) is 1.99. The maximum atomic E-state index is 4.76. The van der Waals surface area contributed by atoms with E-state index < -0.39 is 0 Å². The van der Waals surface area contributed by atoms with Crippen molar-refractivity contribution in [3.8, 4) is 0 Å². The largest absolute Gasteiger partial charge is 0.352 e. The molecule has 3 heterocycles. The van der Waals surface area contributed by atoms with Gasteiger partial charge in [-0.1, -0.05) is 13.8 Å². The van der Waals surface area contributed by atoms with Crippen molar-refractivity contribution < 1.29 is 0 Å². The summed E-state index contributed by atoms with van der Waals surface area (Å²) in [6, 6.07) is 2.77. The molecule has 0 radical (unpaired) electrons. The first kappa shape index (κ1) is 11.9. The Kier molecular flexibility index (Phi) is 2.98. The monoisotopic (exact) mass is 246 g/mol. The van der Waals surface area contributed by atoms with Crippen LogP contribution in [0.15, 0.2) is 6.07 Å². The molecule has 2 fully saturated rings. The van der Waals surface area contributed by atoms with Gasteiger partial charge in [0.2, 0.25) is 0 Å². The van der Waals surface area contributed by atoms with Crippen LogP contribution in [0.25, 0.3) is 0 Å². The number of aromatic nitrogens is 2. The van der Waals surface area contributed by atoms with Gasteiger partial charge in [0.05, 0.1) is 0 Å². The average molecular weight is 246 g/mol. The molecule has 1 N–H and O–H groups in total. The lowest BCUT2D eigenvalue weighted by Gasteiger charge is -2.25. The topological polar surface area (TPSA) is 41.0 Å². The molecule has 98 valence electrons. The Bertz CT molecular complexity index is 443. The molecule has 0 amide bonds. The third-order valence-corrected chi connectivity index (χ3v) is 4.11. The second kappa shape index (κ2) is 4.50. The van der Waals surface area contributed by atoms with E-state index in [1.54, 1.807) is 0 Å².